The minimum Gasteiger partial charge on any atom is -0.497 e. The van der Waals surface area contributed by atoms with Crippen LogP contribution in [-0.4, -0.2) is 40.0 Å². The Kier molecular flexibility index (Phi) is 6.27. The second kappa shape index (κ2) is 8.87. The first-order chi connectivity index (χ1) is 14.3. The molecule has 1 amide bonds. The molecule has 3 rings (SSSR count). The predicted molar refractivity (Wildman–Crippen MR) is 110 cm³/mol. The average Bonchev–Trinajstić information content (AvgIpc) is 2.73. The summed E-state index contributed by atoms with van der Waals surface area (Å²) in [6.45, 7) is 3.16. The molecule has 2 N–H and O–H groups in total. The van der Waals surface area contributed by atoms with Gasteiger partial charge in [-0.2, -0.15) is 9.78 Å². The molecule has 0 bridgehead atoms. The van der Waals surface area contributed by atoms with Crippen molar-refractivity contribution in [2.75, 3.05) is 7.11 Å². The number of benzene rings is 2. The summed E-state index contributed by atoms with van der Waals surface area (Å²) in [5.41, 5.74) is 0.295. The van der Waals surface area contributed by atoms with Gasteiger partial charge in [0.1, 0.15) is 17.1 Å². The zero-order valence-electron chi connectivity index (χ0n) is 16.8. The molecule has 0 spiro atoms. The van der Waals surface area contributed by atoms with Gasteiger partial charge >= 0.3 is 0 Å². The molecule has 8 heteroatoms. The van der Waals surface area contributed by atoms with Crippen LogP contribution in [0.4, 0.5) is 4.39 Å². The molecular weight excluding hydrogens is 389 g/mol. The number of hydrogen-bond donors (Lipinski definition) is 2. The standard InChI is InChI=1S/C22H22FN3O4/c1-13(14(2)27)24-21(28)19-12-20(15-7-9-18(30-3)10-8-15)25-26(22(19)29)17-6-4-5-16(23)11-17/h4-14,27H,1-3H3,(H,24,28). The largest absolute Gasteiger partial charge is 0.497 e. The van der Waals surface area contributed by atoms with Crippen LogP contribution in [-0.2, 0) is 0 Å². The van der Waals surface area contributed by atoms with Crippen molar-refractivity contribution in [3.05, 3.63) is 76.3 Å². The lowest BCUT2D eigenvalue weighted by molar-refractivity contribution is 0.0871. The number of halogens is 1. The van der Waals surface area contributed by atoms with E-state index in [1.807, 2.05) is 0 Å². The van der Waals surface area contributed by atoms with Crippen LogP contribution in [0.25, 0.3) is 16.9 Å². The first kappa shape index (κ1) is 21.2. The summed E-state index contributed by atoms with van der Waals surface area (Å²) < 4.78 is 19.9. The number of nitrogens with one attached hydrogen (secondary N) is 1. The maximum absolute atomic E-state index is 13.7. The van der Waals surface area contributed by atoms with Crippen molar-refractivity contribution in [3.8, 4) is 22.7 Å². The Bertz CT molecular complexity index is 1110. The number of aromatic nitrogens is 2. The Morgan fingerprint density at radius 1 is 1.17 bits per heavy atom. The molecule has 0 aliphatic carbocycles. The van der Waals surface area contributed by atoms with Crippen LogP contribution in [0.2, 0.25) is 0 Å². The molecule has 0 saturated carbocycles. The molecule has 2 aromatic carbocycles. The van der Waals surface area contributed by atoms with E-state index in [1.54, 1.807) is 38.3 Å². The average molecular weight is 411 g/mol. The van der Waals surface area contributed by atoms with E-state index in [0.29, 0.717) is 17.0 Å². The van der Waals surface area contributed by atoms with Gasteiger partial charge in [-0.3, -0.25) is 9.59 Å². The Balaban J connectivity index is 2.16. The summed E-state index contributed by atoms with van der Waals surface area (Å²) in [5.74, 6) is -0.554. The SMILES string of the molecule is COc1ccc(-c2cc(C(=O)NC(C)C(C)O)c(=O)n(-c3cccc(F)c3)n2)cc1. The van der Waals surface area contributed by atoms with E-state index in [4.69, 9.17) is 4.74 Å². The predicted octanol–water partition coefficient (Wildman–Crippen LogP) is 2.55. The fourth-order valence-corrected chi connectivity index (χ4v) is 2.75. The quantitative estimate of drug-likeness (QED) is 0.650. The van der Waals surface area contributed by atoms with Crippen LogP contribution >= 0.6 is 0 Å². The summed E-state index contributed by atoms with van der Waals surface area (Å²) in [5, 5.41) is 16.6. The van der Waals surface area contributed by atoms with Crippen LogP contribution in [0, 0.1) is 5.82 Å². The van der Waals surface area contributed by atoms with Gasteiger partial charge in [-0.15, -0.1) is 0 Å². The second-order valence-electron chi connectivity index (χ2n) is 6.87. The first-order valence-electron chi connectivity index (χ1n) is 9.34. The molecule has 0 saturated heterocycles. The minimum absolute atomic E-state index is 0.174. The number of nitrogens with zero attached hydrogens (tertiary/aromatic N) is 2. The van der Waals surface area contributed by atoms with Gasteiger partial charge in [-0.1, -0.05) is 6.07 Å². The summed E-state index contributed by atoms with van der Waals surface area (Å²) in [6.07, 6.45) is -0.803. The number of carbonyl (C=O) groups excluding carboxylic acids is 1. The molecule has 2 atom stereocenters. The van der Waals surface area contributed by atoms with Crippen LogP contribution in [0.3, 0.4) is 0 Å². The van der Waals surface area contributed by atoms with Gasteiger partial charge in [0.05, 0.1) is 30.6 Å². The molecule has 1 heterocycles. The van der Waals surface area contributed by atoms with Crippen molar-refractivity contribution in [1.29, 1.82) is 0 Å². The highest BCUT2D eigenvalue weighted by Gasteiger charge is 2.20. The highest BCUT2D eigenvalue weighted by molar-refractivity contribution is 5.95. The zero-order valence-corrected chi connectivity index (χ0v) is 16.8. The smallest absolute Gasteiger partial charge is 0.284 e. The van der Waals surface area contributed by atoms with Gasteiger partial charge in [0.15, 0.2) is 0 Å². The van der Waals surface area contributed by atoms with E-state index >= 15 is 0 Å². The third-order valence-corrected chi connectivity index (χ3v) is 4.68. The fourth-order valence-electron chi connectivity index (χ4n) is 2.75. The monoisotopic (exact) mass is 411 g/mol. The van der Waals surface area contributed by atoms with Crippen molar-refractivity contribution in [3.63, 3.8) is 0 Å². The molecular formula is C22H22FN3O4. The normalized spacial score (nSPS) is 12.8. The van der Waals surface area contributed by atoms with Crippen LogP contribution in [0.15, 0.2) is 59.4 Å². The minimum atomic E-state index is -0.803. The van der Waals surface area contributed by atoms with E-state index in [9.17, 15) is 19.1 Å². The number of ether oxygens (including phenoxy) is 1. The lowest BCUT2D eigenvalue weighted by Gasteiger charge is -2.17. The molecule has 1 aromatic heterocycles. The van der Waals surface area contributed by atoms with E-state index in [1.165, 1.54) is 31.2 Å². The number of aliphatic hydroxyl groups is 1. The second-order valence-corrected chi connectivity index (χ2v) is 6.87. The summed E-state index contributed by atoms with van der Waals surface area (Å²) in [7, 11) is 1.54. The summed E-state index contributed by atoms with van der Waals surface area (Å²) >= 11 is 0. The maximum atomic E-state index is 13.7. The number of amides is 1. The van der Waals surface area contributed by atoms with Crippen molar-refractivity contribution in [1.82, 2.24) is 15.1 Å². The van der Waals surface area contributed by atoms with Crippen molar-refractivity contribution < 1.29 is 19.0 Å². The molecule has 0 aliphatic rings. The van der Waals surface area contributed by atoms with Gasteiger partial charge < -0.3 is 15.2 Å². The highest BCUT2D eigenvalue weighted by Crippen LogP contribution is 2.21. The van der Waals surface area contributed by atoms with Crippen molar-refractivity contribution in [2.24, 2.45) is 0 Å². The molecule has 0 aliphatic heterocycles. The van der Waals surface area contributed by atoms with Gasteiger partial charge in [0, 0.05) is 5.56 Å². The Morgan fingerprint density at radius 2 is 1.87 bits per heavy atom. The number of rotatable bonds is 6. The lowest BCUT2D eigenvalue weighted by atomic mass is 10.1. The molecule has 2 unspecified atom stereocenters. The fraction of sp³-hybridized carbons (Fsp3) is 0.227. The third kappa shape index (κ3) is 4.55. The van der Waals surface area contributed by atoms with Gasteiger partial charge in [0.25, 0.3) is 11.5 Å². The van der Waals surface area contributed by atoms with Crippen LogP contribution in [0.5, 0.6) is 5.75 Å². The lowest BCUT2D eigenvalue weighted by Crippen LogP contribution is -2.42. The first-order valence-corrected chi connectivity index (χ1v) is 9.34. The van der Waals surface area contributed by atoms with Gasteiger partial charge in [-0.25, -0.2) is 4.39 Å². The number of carbonyl (C=O) groups is 1. The number of aliphatic hydroxyl groups excluding tert-OH is 1. The Labute approximate surface area is 172 Å². The molecule has 3 aromatic rings. The van der Waals surface area contributed by atoms with E-state index in [0.717, 1.165) is 10.7 Å². The van der Waals surface area contributed by atoms with E-state index < -0.39 is 29.4 Å². The maximum Gasteiger partial charge on any atom is 0.284 e. The topological polar surface area (TPSA) is 93.5 Å². The van der Waals surface area contributed by atoms with Crippen LogP contribution < -0.4 is 15.6 Å². The third-order valence-electron chi connectivity index (χ3n) is 4.68. The molecule has 0 fully saturated rings. The summed E-state index contributed by atoms with van der Waals surface area (Å²) in [4.78, 5) is 25.7. The Morgan fingerprint density at radius 3 is 2.47 bits per heavy atom. The van der Waals surface area contributed by atoms with Crippen molar-refractivity contribution in [2.45, 2.75) is 26.0 Å². The Hall–Kier alpha value is -3.52. The summed E-state index contributed by atoms with van der Waals surface area (Å²) in [6, 6.07) is 13.1. The highest BCUT2D eigenvalue weighted by atomic mass is 19.1. The number of hydrogen-bond acceptors (Lipinski definition) is 5. The molecule has 0 radical (unpaired) electrons. The van der Waals surface area contributed by atoms with Crippen molar-refractivity contribution >= 4 is 5.91 Å². The van der Waals surface area contributed by atoms with Gasteiger partial charge in [-0.05, 0) is 62.4 Å². The van der Waals surface area contributed by atoms with E-state index in [2.05, 4.69) is 10.4 Å². The van der Waals surface area contributed by atoms with Crippen LogP contribution in [0.1, 0.15) is 24.2 Å². The molecule has 156 valence electrons. The molecule has 30 heavy (non-hydrogen) atoms. The zero-order chi connectivity index (χ0) is 21.8. The van der Waals surface area contributed by atoms with Gasteiger partial charge in [0.2, 0.25) is 0 Å². The van der Waals surface area contributed by atoms with E-state index in [-0.39, 0.29) is 11.3 Å². The molecule has 7 nitrogen and oxygen atoms in total. The number of methoxy groups -OCH3 is 1.